The van der Waals surface area contributed by atoms with E-state index in [2.05, 4.69) is 126 Å². The zero-order chi connectivity index (χ0) is 24.7. The topological polar surface area (TPSA) is 12.9 Å². The standard InChI is InChI=1S/C33H32BN/c1-21-17-23(3)32(24(4)18-21)34(33-25(5)19-22(2)20-26(33)6)29-13-9-8-12-28(29)31-16-15-27-11-7-10-14-30(27)35-31/h7-20H,1-6H3. The molecule has 35 heavy (non-hydrogen) atoms. The third-order valence-corrected chi connectivity index (χ3v) is 7.20. The molecule has 0 radical (unpaired) electrons. The molecule has 1 aromatic heterocycles. The van der Waals surface area contributed by atoms with Crippen molar-refractivity contribution in [2.45, 2.75) is 41.5 Å². The van der Waals surface area contributed by atoms with Crippen LogP contribution < -0.4 is 16.4 Å². The fourth-order valence-electron chi connectivity index (χ4n) is 5.95. The number of hydrogen-bond acceptors (Lipinski definition) is 1. The van der Waals surface area contributed by atoms with Crippen LogP contribution in [0, 0.1) is 41.5 Å². The van der Waals surface area contributed by atoms with Crippen LogP contribution >= 0.6 is 0 Å². The van der Waals surface area contributed by atoms with Gasteiger partial charge in [0.1, 0.15) is 0 Å². The van der Waals surface area contributed by atoms with Crippen molar-refractivity contribution in [3.8, 4) is 11.3 Å². The van der Waals surface area contributed by atoms with E-state index in [1.165, 1.54) is 60.7 Å². The second-order valence-electron chi connectivity index (χ2n) is 10.0. The van der Waals surface area contributed by atoms with Crippen molar-refractivity contribution in [2.24, 2.45) is 0 Å². The Morgan fingerprint density at radius 2 is 1.06 bits per heavy atom. The van der Waals surface area contributed by atoms with Crippen molar-refractivity contribution in [3.63, 3.8) is 0 Å². The van der Waals surface area contributed by atoms with Gasteiger partial charge < -0.3 is 0 Å². The highest BCUT2D eigenvalue weighted by Gasteiger charge is 2.30. The van der Waals surface area contributed by atoms with Gasteiger partial charge in [-0.15, -0.1) is 0 Å². The summed E-state index contributed by atoms with van der Waals surface area (Å²) in [6.07, 6.45) is 0. The third-order valence-electron chi connectivity index (χ3n) is 7.20. The fourth-order valence-corrected chi connectivity index (χ4v) is 5.95. The van der Waals surface area contributed by atoms with Gasteiger partial charge in [-0.1, -0.05) is 123 Å². The summed E-state index contributed by atoms with van der Waals surface area (Å²) in [6.45, 7) is 13.6. The van der Waals surface area contributed by atoms with Gasteiger partial charge in [0.2, 0.25) is 6.71 Å². The van der Waals surface area contributed by atoms with Gasteiger partial charge in [-0.2, -0.15) is 0 Å². The molecular formula is C33H32BN. The quantitative estimate of drug-likeness (QED) is 0.293. The Morgan fingerprint density at radius 1 is 0.543 bits per heavy atom. The Hall–Kier alpha value is -3.65. The lowest BCUT2D eigenvalue weighted by atomic mass is 9.33. The largest absolute Gasteiger partial charge is 0.248 e. The third kappa shape index (κ3) is 4.30. The maximum absolute atomic E-state index is 5.09. The van der Waals surface area contributed by atoms with Gasteiger partial charge in [0.15, 0.2) is 0 Å². The minimum atomic E-state index is 0.126. The van der Waals surface area contributed by atoms with Crippen molar-refractivity contribution in [1.82, 2.24) is 4.98 Å². The summed E-state index contributed by atoms with van der Waals surface area (Å²) < 4.78 is 0. The van der Waals surface area contributed by atoms with Crippen LogP contribution in [0.5, 0.6) is 0 Å². The second-order valence-corrected chi connectivity index (χ2v) is 10.0. The summed E-state index contributed by atoms with van der Waals surface area (Å²) in [5.41, 5.74) is 15.3. The van der Waals surface area contributed by atoms with Crippen LogP contribution in [0.15, 0.2) is 84.9 Å². The average molecular weight is 453 g/mol. The summed E-state index contributed by atoms with van der Waals surface area (Å²) in [4.78, 5) is 5.09. The minimum absolute atomic E-state index is 0.126. The number of aryl methyl sites for hydroxylation is 6. The van der Waals surface area contributed by atoms with Crippen molar-refractivity contribution in [1.29, 1.82) is 0 Å². The zero-order valence-electron chi connectivity index (χ0n) is 21.6. The molecule has 0 amide bonds. The lowest BCUT2D eigenvalue weighted by Crippen LogP contribution is -2.56. The van der Waals surface area contributed by atoms with Crippen molar-refractivity contribution >= 4 is 34.0 Å². The molecule has 4 aromatic carbocycles. The molecule has 1 nitrogen and oxygen atoms in total. The van der Waals surface area contributed by atoms with Crippen LogP contribution in [0.3, 0.4) is 0 Å². The predicted octanol–water partition coefficient (Wildman–Crippen LogP) is 6.27. The van der Waals surface area contributed by atoms with Gasteiger partial charge in [0, 0.05) is 5.39 Å². The highest BCUT2D eigenvalue weighted by atomic mass is 14.7. The van der Waals surface area contributed by atoms with Crippen molar-refractivity contribution < 1.29 is 0 Å². The monoisotopic (exact) mass is 453 g/mol. The molecule has 0 bridgehead atoms. The Labute approximate surface area is 210 Å². The summed E-state index contributed by atoms with van der Waals surface area (Å²) in [6, 6.07) is 30.8. The molecular weight excluding hydrogens is 421 g/mol. The first-order valence-corrected chi connectivity index (χ1v) is 12.4. The molecule has 0 unspecified atom stereocenters. The SMILES string of the molecule is Cc1cc(C)c(B(c2ccccc2-c2ccc3ccccc3n2)c2c(C)cc(C)cc2C)c(C)c1. The van der Waals surface area contributed by atoms with E-state index in [-0.39, 0.29) is 6.71 Å². The molecule has 0 aliphatic heterocycles. The second kappa shape index (κ2) is 9.19. The highest BCUT2D eigenvalue weighted by Crippen LogP contribution is 2.22. The molecule has 0 aliphatic carbocycles. The molecule has 172 valence electrons. The van der Waals surface area contributed by atoms with Gasteiger partial charge in [-0.3, -0.25) is 0 Å². The molecule has 0 aliphatic rings. The molecule has 2 heteroatoms. The van der Waals surface area contributed by atoms with Gasteiger partial charge in [-0.25, -0.2) is 4.98 Å². The molecule has 0 saturated carbocycles. The number of nitrogens with zero attached hydrogens (tertiary/aromatic N) is 1. The number of rotatable bonds is 4. The van der Waals surface area contributed by atoms with E-state index < -0.39 is 0 Å². The van der Waals surface area contributed by atoms with E-state index in [1.807, 2.05) is 0 Å². The molecule has 0 atom stereocenters. The molecule has 5 aromatic rings. The van der Waals surface area contributed by atoms with E-state index in [0.29, 0.717) is 0 Å². The summed E-state index contributed by atoms with van der Waals surface area (Å²) in [7, 11) is 0. The first kappa shape index (κ1) is 23.1. The Kier molecular flexibility index (Phi) is 6.07. The van der Waals surface area contributed by atoms with Crippen LogP contribution in [0.25, 0.3) is 22.2 Å². The summed E-state index contributed by atoms with van der Waals surface area (Å²) in [5, 5.41) is 1.17. The Bertz CT molecular complexity index is 1460. The summed E-state index contributed by atoms with van der Waals surface area (Å²) in [5.74, 6) is 0. The van der Waals surface area contributed by atoms with Crippen LogP contribution in [-0.4, -0.2) is 11.7 Å². The Balaban J connectivity index is 1.83. The number of hydrogen-bond donors (Lipinski definition) is 0. The number of pyridine rings is 1. The molecule has 0 spiro atoms. The first-order chi connectivity index (χ1) is 16.8. The van der Waals surface area contributed by atoms with E-state index in [4.69, 9.17) is 4.98 Å². The predicted molar refractivity (Wildman–Crippen MR) is 153 cm³/mol. The van der Waals surface area contributed by atoms with E-state index >= 15 is 0 Å². The number of benzene rings is 4. The van der Waals surface area contributed by atoms with Gasteiger partial charge in [0.05, 0.1) is 11.2 Å². The number of aromatic nitrogens is 1. The Morgan fingerprint density at radius 3 is 1.66 bits per heavy atom. The highest BCUT2D eigenvalue weighted by molar-refractivity contribution is 6.97. The fraction of sp³-hybridized carbons (Fsp3) is 0.182. The number of fused-ring (bicyclic) bond motifs is 1. The number of para-hydroxylation sites is 1. The zero-order valence-corrected chi connectivity index (χ0v) is 21.6. The maximum atomic E-state index is 5.09. The lowest BCUT2D eigenvalue weighted by molar-refractivity contribution is 1.34. The smallest absolute Gasteiger partial charge is 0.243 e. The molecule has 1 heterocycles. The van der Waals surface area contributed by atoms with E-state index in [1.54, 1.807) is 0 Å². The van der Waals surface area contributed by atoms with Crippen molar-refractivity contribution in [2.75, 3.05) is 0 Å². The lowest BCUT2D eigenvalue weighted by Gasteiger charge is -2.26. The van der Waals surface area contributed by atoms with Gasteiger partial charge >= 0.3 is 0 Å². The maximum Gasteiger partial charge on any atom is 0.243 e. The van der Waals surface area contributed by atoms with E-state index in [0.717, 1.165) is 11.2 Å². The summed E-state index contributed by atoms with van der Waals surface area (Å²) >= 11 is 0. The molecule has 0 saturated heterocycles. The molecule has 5 rings (SSSR count). The van der Waals surface area contributed by atoms with Crippen LogP contribution in [0.4, 0.5) is 0 Å². The van der Waals surface area contributed by atoms with Crippen LogP contribution in [-0.2, 0) is 0 Å². The van der Waals surface area contributed by atoms with Gasteiger partial charge in [-0.05, 0) is 59.2 Å². The molecule has 0 N–H and O–H groups in total. The average Bonchev–Trinajstić information content (AvgIpc) is 2.81. The van der Waals surface area contributed by atoms with Crippen LogP contribution in [0.2, 0.25) is 0 Å². The minimum Gasteiger partial charge on any atom is -0.248 e. The first-order valence-electron chi connectivity index (χ1n) is 12.4. The van der Waals surface area contributed by atoms with Gasteiger partial charge in [0.25, 0.3) is 0 Å². The normalized spacial score (nSPS) is 11.1. The van der Waals surface area contributed by atoms with E-state index in [9.17, 15) is 0 Å². The van der Waals surface area contributed by atoms with Crippen LogP contribution in [0.1, 0.15) is 33.4 Å². The molecule has 0 fully saturated rings. The van der Waals surface area contributed by atoms with Crippen molar-refractivity contribution in [3.05, 3.63) is 118 Å².